The molecule has 0 aliphatic carbocycles. The topological polar surface area (TPSA) is 85.9 Å². The highest BCUT2D eigenvalue weighted by Crippen LogP contribution is 2.38. The summed E-state index contributed by atoms with van der Waals surface area (Å²) in [6.07, 6.45) is 0. The maximum Gasteiger partial charge on any atom is 0.261 e. The fourth-order valence-corrected chi connectivity index (χ4v) is 3.08. The number of benzene rings is 1. The summed E-state index contributed by atoms with van der Waals surface area (Å²) in [5.74, 6) is 1.14. The summed E-state index contributed by atoms with van der Waals surface area (Å²) < 4.78 is 15.9. The zero-order valence-corrected chi connectivity index (χ0v) is 15.3. The summed E-state index contributed by atoms with van der Waals surface area (Å²) in [5, 5.41) is 6.11. The van der Waals surface area contributed by atoms with Gasteiger partial charge in [-0.2, -0.15) is 0 Å². The molecular formula is C17H20N2O5S. The molecule has 0 aliphatic rings. The first-order chi connectivity index (χ1) is 12.0. The van der Waals surface area contributed by atoms with Gasteiger partial charge < -0.3 is 24.8 Å². The molecule has 1 heterocycles. The summed E-state index contributed by atoms with van der Waals surface area (Å²) in [6, 6.07) is 6.92. The van der Waals surface area contributed by atoms with E-state index in [0.29, 0.717) is 33.7 Å². The number of hydrogen-bond donors (Lipinski definition) is 2. The van der Waals surface area contributed by atoms with Gasteiger partial charge in [0.25, 0.3) is 5.91 Å². The normalized spacial score (nSPS) is 10.1. The van der Waals surface area contributed by atoms with Gasteiger partial charge in [0, 0.05) is 13.5 Å². The van der Waals surface area contributed by atoms with Gasteiger partial charge in [-0.05, 0) is 29.8 Å². The third-order valence-electron chi connectivity index (χ3n) is 3.31. The molecule has 1 aromatic carbocycles. The van der Waals surface area contributed by atoms with Crippen LogP contribution in [0.3, 0.4) is 0 Å². The number of rotatable bonds is 7. The van der Waals surface area contributed by atoms with E-state index in [2.05, 4.69) is 10.6 Å². The number of amides is 2. The van der Waals surface area contributed by atoms with E-state index in [0.717, 1.165) is 5.56 Å². The molecule has 0 radical (unpaired) electrons. The van der Waals surface area contributed by atoms with Gasteiger partial charge in [-0.3, -0.25) is 9.59 Å². The van der Waals surface area contributed by atoms with Crippen molar-refractivity contribution in [3.8, 4) is 17.2 Å². The fourth-order valence-electron chi connectivity index (χ4n) is 2.21. The molecule has 0 saturated heterocycles. The van der Waals surface area contributed by atoms with E-state index in [9.17, 15) is 9.59 Å². The highest BCUT2D eigenvalue weighted by molar-refractivity contribution is 7.18. The summed E-state index contributed by atoms with van der Waals surface area (Å²) in [6.45, 7) is 1.72. The Morgan fingerprint density at radius 3 is 2.20 bits per heavy atom. The third kappa shape index (κ3) is 4.63. The molecule has 0 fully saturated rings. The van der Waals surface area contributed by atoms with Crippen molar-refractivity contribution in [2.24, 2.45) is 0 Å². The molecule has 2 aromatic rings. The minimum Gasteiger partial charge on any atom is -0.493 e. The number of carbonyl (C=O) groups excluding carboxylic acids is 2. The number of nitrogens with one attached hydrogen (secondary N) is 2. The van der Waals surface area contributed by atoms with Crippen LogP contribution < -0.4 is 24.8 Å². The molecule has 25 heavy (non-hydrogen) atoms. The van der Waals surface area contributed by atoms with Gasteiger partial charge in [-0.1, -0.05) is 0 Å². The number of hydrogen-bond acceptors (Lipinski definition) is 6. The van der Waals surface area contributed by atoms with Gasteiger partial charge in [-0.15, -0.1) is 11.3 Å². The quantitative estimate of drug-likeness (QED) is 0.789. The van der Waals surface area contributed by atoms with Crippen molar-refractivity contribution in [2.45, 2.75) is 13.5 Å². The Hall–Kier alpha value is -2.74. The largest absolute Gasteiger partial charge is 0.493 e. The highest BCUT2D eigenvalue weighted by Gasteiger charge is 2.14. The Balaban J connectivity index is 2.08. The van der Waals surface area contributed by atoms with Gasteiger partial charge in [0.15, 0.2) is 11.5 Å². The lowest BCUT2D eigenvalue weighted by Gasteiger charge is -2.14. The van der Waals surface area contributed by atoms with Crippen LogP contribution in [-0.4, -0.2) is 33.1 Å². The number of carbonyl (C=O) groups is 2. The molecule has 2 N–H and O–H groups in total. The van der Waals surface area contributed by atoms with Gasteiger partial charge in [0.2, 0.25) is 11.7 Å². The van der Waals surface area contributed by atoms with Crippen LogP contribution in [0.4, 0.5) is 5.00 Å². The summed E-state index contributed by atoms with van der Waals surface area (Å²) in [5.41, 5.74) is 0.807. The zero-order chi connectivity index (χ0) is 18.4. The van der Waals surface area contributed by atoms with E-state index in [1.165, 1.54) is 39.6 Å². The SMILES string of the molecule is COc1cc(CNC(=O)c2ccc(NC(C)=O)s2)cc(OC)c1OC. The number of thiophene rings is 1. The predicted octanol–water partition coefficient (Wildman–Crippen LogP) is 2.66. The van der Waals surface area contributed by atoms with Crippen LogP contribution in [0.2, 0.25) is 0 Å². The molecule has 0 atom stereocenters. The molecule has 0 aliphatic heterocycles. The van der Waals surface area contributed by atoms with Crippen LogP contribution in [-0.2, 0) is 11.3 Å². The lowest BCUT2D eigenvalue weighted by Crippen LogP contribution is -2.21. The molecule has 0 bridgehead atoms. The van der Waals surface area contributed by atoms with Crippen LogP contribution in [0.15, 0.2) is 24.3 Å². The average molecular weight is 364 g/mol. The van der Waals surface area contributed by atoms with E-state index >= 15 is 0 Å². The van der Waals surface area contributed by atoms with Gasteiger partial charge >= 0.3 is 0 Å². The molecule has 0 saturated carbocycles. The smallest absolute Gasteiger partial charge is 0.261 e. The van der Waals surface area contributed by atoms with Crippen molar-refractivity contribution in [1.29, 1.82) is 0 Å². The van der Waals surface area contributed by atoms with Crippen LogP contribution in [0, 0.1) is 0 Å². The van der Waals surface area contributed by atoms with E-state index in [4.69, 9.17) is 14.2 Å². The summed E-state index contributed by atoms with van der Waals surface area (Å²) in [4.78, 5) is 23.8. The van der Waals surface area contributed by atoms with E-state index in [1.807, 2.05) is 0 Å². The highest BCUT2D eigenvalue weighted by atomic mass is 32.1. The Bertz CT molecular complexity index is 747. The minimum absolute atomic E-state index is 0.175. The first-order valence-corrected chi connectivity index (χ1v) is 8.24. The first kappa shape index (κ1) is 18.6. The van der Waals surface area contributed by atoms with Gasteiger partial charge in [0.1, 0.15) is 0 Å². The van der Waals surface area contributed by atoms with Gasteiger partial charge in [0.05, 0.1) is 31.2 Å². The molecule has 1 aromatic heterocycles. The van der Waals surface area contributed by atoms with Crippen LogP contribution >= 0.6 is 11.3 Å². The lowest BCUT2D eigenvalue weighted by molar-refractivity contribution is -0.114. The second-order valence-electron chi connectivity index (χ2n) is 5.06. The first-order valence-electron chi connectivity index (χ1n) is 7.43. The van der Waals surface area contributed by atoms with Crippen molar-refractivity contribution < 1.29 is 23.8 Å². The maximum atomic E-state index is 12.2. The van der Waals surface area contributed by atoms with Crippen LogP contribution in [0.5, 0.6) is 17.2 Å². The van der Waals surface area contributed by atoms with Crippen molar-refractivity contribution in [2.75, 3.05) is 26.6 Å². The second kappa shape index (κ2) is 8.39. The Kier molecular flexibility index (Phi) is 6.24. The standard InChI is InChI=1S/C17H20N2O5S/c1-10(20)19-15-6-5-14(25-15)17(21)18-9-11-7-12(22-2)16(24-4)13(8-11)23-3/h5-8H,9H2,1-4H3,(H,18,21)(H,19,20). The summed E-state index contributed by atoms with van der Waals surface area (Å²) in [7, 11) is 4.61. The number of anilines is 1. The van der Waals surface area contributed by atoms with Crippen molar-refractivity contribution in [3.63, 3.8) is 0 Å². The molecule has 134 valence electrons. The average Bonchev–Trinajstić information content (AvgIpc) is 3.06. The fraction of sp³-hybridized carbons (Fsp3) is 0.294. The predicted molar refractivity (Wildman–Crippen MR) is 95.9 cm³/mol. The van der Waals surface area contributed by atoms with Crippen LogP contribution in [0.25, 0.3) is 0 Å². The van der Waals surface area contributed by atoms with Crippen molar-refractivity contribution in [3.05, 3.63) is 34.7 Å². The van der Waals surface area contributed by atoms with Crippen molar-refractivity contribution >= 4 is 28.2 Å². The molecule has 2 rings (SSSR count). The molecule has 7 nitrogen and oxygen atoms in total. The molecular weight excluding hydrogens is 344 g/mol. The third-order valence-corrected chi connectivity index (χ3v) is 4.31. The Morgan fingerprint density at radius 1 is 1.04 bits per heavy atom. The Morgan fingerprint density at radius 2 is 1.68 bits per heavy atom. The monoisotopic (exact) mass is 364 g/mol. The van der Waals surface area contributed by atoms with E-state index in [1.54, 1.807) is 24.3 Å². The minimum atomic E-state index is -0.227. The molecule has 0 spiro atoms. The number of ether oxygens (including phenoxy) is 3. The van der Waals surface area contributed by atoms with Gasteiger partial charge in [-0.25, -0.2) is 0 Å². The maximum absolute atomic E-state index is 12.2. The van der Waals surface area contributed by atoms with E-state index in [-0.39, 0.29) is 11.8 Å². The lowest BCUT2D eigenvalue weighted by atomic mass is 10.1. The molecule has 0 unspecified atom stereocenters. The van der Waals surface area contributed by atoms with Crippen molar-refractivity contribution in [1.82, 2.24) is 5.32 Å². The van der Waals surface area contributed by atoms with E-state index < -0.39 is 0 Å². The summed E-state index contributed by atoms with van der Waals surface area (Å²) >= 11 is 1.21. The molecule has 2 amide bonds. The zero-order valence-electron chi connectivity index (χ0n) is 14.5. The van der Waals surface area contributed by atoms with Crippen LogP contribution in [0.1, 0.15) is 22.2 Å². The Labute approximate surface area is 149 Å². The molecule has 8 heteroatoms. The second-order valence-corrected chi connectivity index (χ2v) is 6.15. The number of methoxy groups -OCH3 is 3.